The summed E-state index contributed by atoms with van der Waals surface area (Å²) < 4.78 is 16.0. The van der Waals surface area contributed by atoms with Gasteiger partial charge in [0.05, 0.1) is 23.0 Å². The smallest absolute Gasteiger partial charge is 0.247 e. The number of para-hydroxylation sites is 2. The number of nitrogens with zero attached hydrogens (tertiary/aromatic N) is 3. The summed E-state index contributed by atoms with van der Waals surface area (Å²) in [6.07, 6.45) is 1.97. The normalized spacial score (nSPS) is 14.0. The Labute approximate surface area is 245 Å². The van der Waals surface area contributed by atoms with Crippen molar-refractivity contribution >= 4 is 17.5 Å². The molecule has 0 saturated heterocycles. The van der Waals surface area contributed by atoms with Gasteiger partial charge < -0.3 is 9.47 Å². The molecule has 0 aliphatic carbocycles. The van der Waals surface area contributed by atoms with Crippen LogP contribution >= 0.6 is 0 Å². The van der Waals surface area contributed by atoms with E-state index in [4.69, 9.17) is 0 Å². The molecular weight excluding hydrogens is 525 g/mol. The molecule has 6 rings (SSSR count). The number of hydrogen-bond acceptors (Lipinski definition) is 2. The molecule has 0 unspecified atom stereocenters. The van der Waals surface area contributed by atoms with Gasteiger partial charge in [0.15, 0.2) is 0 Å². The van der Waals surface area contributed by atoms with Gasteiger partial charge in [-0.3, -0.25) is 14.5 Å². The number of carbonyl (C=O) groups excluding carboxylic acids is 2. The monoisotopic (exact) mass is 557 g/mol. The Bertz CT molecular complexity index is 1660. The zero-order chi connectivity index (χ0) is 29.2. The van der Waals surface area contributed by atoms with Crippen LogP contribution in [0.25, 0.3) is 5.69 Å². The molecule has 0 fully saturated rings. The van der Waals surface area contributed by atoms with E-state index in [-0.39, 0.29) is 30.2 Å². The fourth-order valence-electron chi connectivity index (χ4n) is 5.89. The van der Waals surface area contributed by atoms with E-state index in [1.54, 1.807) is 21.9 Å². The van der Waals surface area contributed by atoms with Crippen molar-refractivity contribution in [1.29, 1.82) is 0 Å². The number of carbonyl (C=O) groups is 2. The van der Waals surface area contributed by atoms with E-state index < -0.39 is 12.0 Å². The van der Waals surface area contributed by atoms with E-state index in [1.807, 2.05) is 117 Å². The average Bonchev–Trinajstić information content (AvgIpc) is 3.51. The number of amides is 2. The maximum atomic E-state index is 14.5. The third-order valence-electron chi connectivity index (χ3n) is 7.90. The van der Waals surface area contributed by atoms with E-state index in [2.05, 4.69) is 4.57 Å². The van der Waals surface area contributed by atoms with Gasteiger partial charge in [0.1, 0.15) is 18.4 Å². The first-order valence-electron chi connectivity index (χ1n) is 14.2. The standard InChI is InChI=1S/C36H32FN3O2/c1-25(2)39(36(42)34(26-12-5-3-6-13-26)27-14-7-4-8-15-27)24-33(41)40-31-17-10-9-16-30(31)38-23-11-18-32(38)35(40)28-19-21-29(37)22-20-28/h3-23,25,34-35H,24H2,1-2H3/t35-/m0/s1. The second kappa shape index (κ2) is 11.5. The number of benzene rings is 4. The van der Waals surface area contributed by atoms with Crippen molar-refractivity contribution in [3.63, 3.8) is 0 Å². The highest BCUT2D eigenvalue weighted by Crippen LogP contribution is 2.42. The predicted octanol–water partition coefficient (Wildman–Crippen LogP) is 7.12. The molecule has 0 spiro atoms. The molecule has 1 aromatic heterocycles. The van der Waals surface area contributed by atoms with E-state index in [0.717, 1.165) is 33.8 Å². The summed E-state index contributed by atoms with van der Waals surface area (Å²) in [5, 5.41) is 0. The van der Waals surface area contributed by atoms with Crippen LogP contribution in [-0.4, -0.2) is 33.9 Å². The molecular formula is C36H32FN3O2. The van der Waals surface area contributed by atoms with Crippen molar-refractivity contribution in [2.75, 3.05) is 11.4 Å². The molecule has 6 heteroatoms. The second-order valence-electron chi connectivity index (χ2n) is 10.8. The van der Waals surface area contributed by atoms with Crippen LogP contribution in [0.2, 0.25) is 0 Å². The van der Waals surface area contributed by atoms with Gasteiger partial charge in [-0.05, 0) is 66.9 Å². The van der Waals surface area contributed by atoms with Gasteiger partial charge in [-0.2, -0.15) is 0 Å². The van der Waals surface area contributed by atoms with Crippen LogP contribution in [0.3, 0.4) is 0 Å². The van der Waals surface area contributed by atoms with Crippen LogP contribution < -0.4 is 4.90 Å². The maximum absolute atomic E-state index is 14.5. The molecule has 0 N–H and O–H groups in total. The minimum absolute atomic E-state index is 0.112. The van der Waals surface area contributed by atoms with Gasteiger partial charge in [-0.25, -0.2) is 4.39 Å². The highest BCUT2D eigenvalue weighted by molar-refractivity contribution is 6.01. The van der Waals surface area contributed by atoms with E-state index in [9.17, 15) is 14.0 Å². The Morgan fingerprint density at radius 1 is 0.738 bits per heavy atom. The largest absolute Gasteiger partial charge is 0.330 e. The van der Waals surface area contributed by atoms with Crippen molar-refractivity contribution < 1.29 is 14.0 Å². The fraction of sp³-hybridized carbons (Fsp3) is 0.167. The van der Waals surface area contributed by atoms with E-state index in [0.29, 0.717) is 0 Å². The molecule has 2 heterocycles. The predicted molar refractivity (Wildman–Crippen MR) is 163 cm³/mol. The minimum Gasteiger partial charge on any atom is -0.330 e. The van der Waals surface area contributed by atoms with Gasteiger partial charge in [-0.1, -0.05) is 84.9 Å². The van der Waals surface area contributed by atoms with Gasteiger partial charge in [-0.15, -0.1) is 0 Å². The molecule has 0 radical (unpaired) electrons. The molecule has 5 nitrogen and oxygen atoms in total. The summed E-state index contributed by atoms with van der Waals surface area (Å²) in [7, 11) is 0. The lowest BCUT2D eigenvalue weighted by atomic mass is 9.89. The molecule has 4 aromatic carbocycles. The summed E-state index contributed by atoms with van der Waals surface area (Å²) in [6, 6.07) is 36.6. The Morgan fingerprint density at radius 2 is 1.31 bits per heavy atom. The number of anilines is 1. The molecule has 1 atom stereocenters. The summed E-state index contributed by atoms with van der Waals surface area (Å²) in [5.41, 5.74) is 5.03. The van der Waals surface area contributed by atoms with Crippen molar-refractivity contribution in [2.24, 2.45) is 0 Å². The lowest BCUT2D eigenvalue weighted by Gasteiger charge is -2.40. The summed E-state index contributed by atoms with van der Waals surface area (Å²) >= 11 is 0. The first kappa shape index (κ1) is 27.2. The van der Waals surface area contributed by atoms with Crippen LogP contribution in [0.5, 0.6) is 0 Å². The average molecular weight is 558 g/mol. The minimum atomic E-state index is -0.554. The van der Waals surface area contributed by atoms with Crippen LogP contribution in [0.4, 0.5) is 10.1 Å². The van der Waals surface area contributed by atoms with Crippen molar-refractivity contribution in [1.82, 2.24) is 9.47 Å². The van der Waals surface area contributed by atoms with Crippen molar-refractivity contribution in [2.45, 2.75) is 31.8 Å². The Morgan fingerprint density at radius 3 is 1.90 bits per heavy atom. The van der Waals surface area contributed by atoms with Crippen molar-refractivity contribution in [3.05, 3.63) is 156 Å². The number of rotatable bonds is 7. The molecule has 1 aliphatic heterocycles. The fourth-order valence-corrected chi connectivity index (χ4v) is 5.89. The van der Waals surface area contributed by atoms with Crippen LogP contribution in [0, 0.1) is 5.82 Å². The Hall–Kier alpha value is -4.97. The number of hydrogen-bond donors (Lipinski definition) is 0. The summed E-state index contributed by atoms with van der Waals surface area (Å²) in [6.45, 7) is 3.76. The zero-order valence-electron chi connectivity index (χ0n) is 23.6. The summed E-state index contributed by atoms with van der Waals surface area (Å²) in [5.74, 6) is -1.25. The lowest BCUT2D eigenvalue weighted by molar-refractivity contribution is -0.137. The maximum Gasteiger partial charge on any atom is 0.247 e. The number of halogens is 1. The first-order valence-corrected chi connectivity index (χ1v) is 14.2. The SMILES string of the molecule is CC(C)N(CC(=O)N1c2ccccc2-n2cccc2[C@@H]1c1ccc(F)cc1)C(=O)C(c1ccccc1)c1ccccc1. The Balaban J connectivity index is 1.41. The number of aromatic nitrogens is 1. The highest BCUT2D eigenvalue weighted by Gasteiger charge is 2.38. The third-order valence-corrected chi connectivity index (χ3v) is 7.90. The quantitative estimate of drug-likeness (QED) is 0.214. The molecule has 210 valence electrons. The first-order chi connectivity index (χ1) is 20.4. The molecule has 0 bridgehead atoms. The lowest BCUT2D eigenvalue weighted by Crippen LogP contribution is -2.49. The van der Waals surface area contributed by atoms with Gasteiger partial charge >= 0.3 is 0 Å². The van der Waals surface area contributed by atoms with Gasteiger partial charge in [0.25, 0.3) is 0 Å². The molecule has 1 aliphatic rings. The number of fused-ring (bicyclic) bond motifs is 3. The zero-order valence-corrected chi connectivity index (χ0v) is 23.6. The highest BCUT2D eigenvalue weighted by atomic mass is 19.1. The van der Waals surface area contributed by atoms with Crippen LogP contribution in [0.15, 0.2) is 128 Å². The molecule has 5 aromatic rings. The molecule has 42 heavy (non-hydrogen) atoms. The second-order valence-corrected chi connectivity index (χ2v) is 10.8. The van der Waals surface area contributed by atoms with Gasteiger partial charge in [0.2, 0.25) is 11.8 Å². The van der Waals surface area contributed by atoms with E-state index in [1.165, 1.54) is 12.1 Å². The molecule has 2 amide bonds. The van der Waals surface area contributed by atoms with Crippen LogP contribution in [0.1, 0.15) is 48.2 Å². The Kier molecular flexibility index (Phi) is 7.44. The van der Waals surface area contributed by atoms with Crippen LogP contribution in [-0.2, 0) is 9.59 Å². The van der Waals surface area contributed by atoms with Crippen molar-refractivity contribution in [3.8, 4) is 5.69 Å². The molecule has 0 saturated carbocycles. The topological polar surface area (TPSA) is 45.6 Å². The van der Waals surface area contributed by atoms with Gasteiger partial charge in [0, 0.05) is 12.2 Å². The third kappa shape index (κ3) is 5.00. The summed E-state index contributed by atoms with van der Waals surface area (Å²) in [4.78, 5) is 32.3. The van der Waals surface area contributed by atoms with E-state index >= 15 is 0 Å².